The van der Waals surface area contributed by atoms with Crippen molar-refractivity contribution in [1.82, 2.24) is 9.88 Å². The molecule has 23 heavy (non-hydrogen) atoms. The van der Waals surface area contributed by atoms with Crippen molar-refractivity contribution in [1.29, 1.82) is 0 Å². The van der Waals surface area contributed by atoms with E-state index in [4.69, 9.17) is 5.73 Å². The van der Waals surface area contributed by atoms with Crippen LogP contribution in [0.1, 0.15) is 16.1 Å². The fraction of sp³-hybridized carbons (Fsp3) is 0.111. The van der Waals surface area contributed by atoms with Crippen LogP contribution in [0.4, 0.5) is 5.69 Å². The first-order valence-corrected chi connectivity index (χ1v) is 7.99. The fourth-order valence-corrected chi connectivity index (χ4v) is 3.09. The smallest absolute Gasteiger partial charge is 0.273 e. The first kappa shape index (κ1) is 15.5. The second-order valence-electron chi connectivity index (χ2n) is 5.37. The van der Waals surface area contributed by atoms with Gasteiger partial charge in [0.1, 0.15) is 5.69 Å². The molecule has 0 bridgehead atoms. The number of carbonyl (C=O) groups is 1. The van der Waals surface area contributed by atoms with Gasteiger partial charge in [0.05, 0.1) is 0 Å². The standard InChI is InChI=1S/C18H16BrN3O/c1-22(11-12-5-3-2-4-6-12)18(23)17-16-13(9-10-21-17)15(20)8-7-14(16)19/h2-10H,11,20H2,1H3. The number of hydrogen-bond acceptors (Lipinski definition) is 3. The van der Waals surface area contributed by atoms with Gasteiger partial charge in [0.25, 0.3) is 5.91 Å². The van der Waals surface area contributed by atoms with Crippen molar-refractivity contribution in [3.8, 4) is 0 Å². The van der Waals surface area contributed by atoms with Crippen LogP contribution in [0, 0.1) is 0 Å². The summed E-state index contributed by atoms with van der Waals surface area (Å²) in [6, 6.07) is 15.3. The lowest BCUT2D eigenvalue weighted by Crippen LogP contribution is -2.27. The number of nitrogens with zero attached hydrogens (tertiary/aromatic N) is 2. The van der Waals surface area contributed by atoms with Crippen LogP contribution in [-0.4, -0.2) is 22.8 Å². The van der Waals surface area contributed by atoms with Crippen LogP contribution in [0.2, 0.25) is 0 Å². The minimum Gasteiger partial charge on any atom is -0.398 e. The van der Waals surface area contributed by atoms with Gasteiger partial charge in [-0.1, -0.05) is 46.3 Å². The van der Waals surface area contributed by atoms with E-state index >= 15 is 0 Å². The van der Waals surface area contributed by atoms with Gasteiger partial charge in [-0.15, -0.1) is 0 Å². The summed E-state index contributed by atoms with van der Waals surface area (Å²) in [5, 5.41) is 1.57. The van der Waals surface area contributed by atoms with Gasteiger partial charge in [-0.05, 0) is 23.8 Å². The van der Waals surface area contributed by atoms with Gasteiger partial charge in [-0.3, -0.25) is 9.78 Å². The molecule has 2 aromatic carbocycles. The molecule has 3 aromatic rings. The van der Waals surface area contributed by atoms with E-state index < -0.39 is 0 Å². The molecule has 116 valence electrons. The molecule has 4 nitrogen and oxygen atoms in total. The van der Waals surface area contributed by atoms with Crippen molar-refractivity contribution in [3.05, 3.63) is 70.5 Å². The normalized spacial score (nSPS) is 10.7. The largest absolute Gasteiger partial charge is 0.398 e. The van der Waals surface area contributed by atoms with Crippen molar-refractivity contribution in [2.24, 2.45) is 0 Å². The number of nitrogen functional groups attached to an aromatic ring is 1. The minimum absolute atomic E-state index is 0.134. The fourth-order valence-electron chi connectivity index (χ4n) is 2.55. The Labute approximate surface area is 143 Å². The summed E-state index contributed by atoms with van der Waals surface area (Å²) in [7, 11) is 1.77. The molecule has 0 saturated heterocycles. The van der Waals surface area contributed by atoms with Gasteiger partial charge in [0.15, 0.2) is 0 Å². The maximum Gasteiger partial charge on any atom is 0.273 e. The molecule has 0 aliphatic heterocycles. The van der Waals surface area contributed by atoms with E-state index in [1.807, 2.05) is 48.5 Å². The van der Waals surface area contributed by atoms with Gasteiger partial charge in [-0.25, -0.2) is 0 Å². The first-order chi connectivity index (χ1) is 11.1. The number of anilines is 1. The van der Waals surface area contributed by atoms with E-state index in [0.29, 0.717) is 17.9 Å². The van der Waals surface area contributed by atoms with Gasteiger partial charge >= 0.3 is 0 Å². The Bertz CT molecular complexity index is 865. The highest BCUT2D eigenvalue weighted by molar-refractivity contribution is 9.10. The molecule has 0 radical (unpaired) electrons. The number of pyridine rings is 1. The van der Waals surface area contributed by atoms with Crippen LogP contribution in [0.25, 0.3) is 10.8 Å². The van der Waals surface area contributed by atoms with Crippen molar-refractivity contribution < 1.29 is 4.79 Å². The number of carbonyl (C=O) groups excluding carboxylic acids is 1. The lowest BCUT2D eigenvalue weighted by atomic mass is 10.1. The third kappa shape index (κ3) is 3.05. The predicted octanol–water partition coefficient (Wildman–Crippen LogP) is 3.85. The molecule has 0 atom stereocenters. The second kappa shape index (κ2) is 6.38. The number of rotatable bonds is 3. The number of halogens is 1. The SMILES string of the molecule is CN(Cc1ccccc1)C(=O)c1nccc2c(N)ccc(Br)c12. The number of amides is 1. The topological polar surface area (TPSA) is 59.2 Å². The molecular formula is C18H16BrN3O. The Morgan fingerprint density at radius 1 is 1.17 bits per heavy atom. The highest BCUT2D eigenvalue weighted by Gasteiger charge is 2.19. The lowest BCUT2D eigenvalue weighted by Gasteiger charge is -2.18. The van der Waals surface area contributed by atoms with E-state index in [9.17, 15) is 4.79 Å². The Hall–Kier alpha value is -2.40. The van der Waals surface area contributed by atoms with E-state index in [1.54, 1.807) is 18.1 Å². The molecular weight excluding hydrogens is 354 g/mol. The van der Waals surface area contributed by atoms with E-state index in [-0.39, 0.29) is 5.91 Å². The van der Waals surface area contributed by atoms with Gasteiger partial charge in [0, 0.05) is 40.7 Å². The van der Waals surface area contributed by atoms with Crippen LogP contribution in [0.5, 0.6) is 0 Å². The number of aromatic nitrogens is 1. The summed E-state index contributed by atoms with van der Waals surface area (Å²) >= 11 is 3.50. The van der Waals surface area contributed by atoms with Crippen LogP contribution in [0.3, 0.4) is 0 Å². The molecule has 2 N–H and O–H groups in total. The average Bonchev–Trinajstić information content (AvgIpc) is 2.58. The third-order valence-corrected chi connectivity index (χ3v) is 4.38. The predicted molar refractivity (Wildman–Crippen MR) is 96.1 cm³/mol. The zero-order valence-corrected chi connectivity index (χ0v) is 14.2. The van der Waals surface area contributed by atoms with Gasteiger partial charge in [-0.2, -0.15) is 0 Å². The van der Waals surface area contributed by atoms with Crippen LogP contribution in [0.15, 0.2) is 59.2 Å². The summed E-state index contributed by atoms with van der Waals surface area (Å²) in [5.41, 5.74) is 8.12. The van der Waals surface area contributed by atoms with Crippen molar-refractivity contribution in [3.63, 3.8) is 0 Å². The summed E-state index contributed by atoms with van der Waals surface area (Å²) in [5.74, 6) is -0.134. The average molecular weight is 370 g/mol. The second-order valence-corrected chi connectivity index (χ2v) is 6.22. The Kier molecular flexibility index (Phi) is 4.30. The molecule has 3 rings (SSSR count). The van der Waals surface area contributed by atoms with Gasteiger partial charge < -0.3 is 10.6 Å². The Balaban J connectivity index is 1.99. The molecule has 1 heterocycles. The maximum atomic E-state index is 12.8. The molecule has 0 aliphatic rings. The summed E-state index contributed by atoms with van der Waals surface area (Å²) in [6.45, 7) is 0.525. The van der Waals surface area contributed by atoms with Crippen molar-refractivity contribution in [2.75, 3.05) is 12.8 Å². The Morgan fingerprint density at radius 3 is 2.65 bits per heavy atom. The van der Waals surface area contributed by atoms with Crippen molar-refractivity contribution >= 4 is 38.3 Å². The molecule has 0 fully saturated rings. The van der Waals surface area contributed by atoms with Gasteiger partial charge in [0.2, 0.25) is 0 Å². The van der Waals surface area contributed by atoms with E-state index in [1.165, 1.54) is 0 Å². The van der Waals surface area contributed by atoms with Crippen LogP contribution in [-0.2, 0) is 6.54 Å². The lowest BCUT2D eigenvalue weighted by molar-refractivity contribution is 0.0781. The number of nitrogens with two attached hydrogens (primary N) is 1. The number of fused-ring (bicyclic) bond motifs is 1. The molecule has 0 spiro atoms. The van der Waals surface area contributed by atoms with Crippen LogP contribution < -0.4 is 5.73 Å². The number of benzene rings is 2. The summed E-state index contributed by atoms with van der Waals surface area (Å²) in [4.78, 5) is 18.8. The minimum atomic E-state index is -0.134. The van der Waals surface area contributed by atoms with E-state index in [0.717, 1.165) is 20.8 Å². The first-order valence-electron chi connectivity index (χ1n) is 7.20. The van der Waals surface area contributed by atoms with Crippen LogP contribution >= 0.6 is 15.9 Å². The maximum absolute atomic E-state index is 12.8. The summed E-state index contributed by atoms with van der Waals surface area (Å²) < 4.78 is 0.811. The molecule has 1 aromatic heterocycles. The highest BCUT2D eigenvalue weighted by atomic mass is 79.9. The molecule has 0 unspecified atom stereocenters. The molecule has 5 heteroatoms. The zero-order valence-electron chi connectivity index (χ0n) is 12.7. The monoisotopic (exact) mass is 369 g/mol. The quantitative estimate of drug-likeness (QED) is 0.713. The number of hydrogen-bond donors (Lipinski definition) is 1. The summed E-state index contributed by atoms with van der Waals surface area (Å²) in [6.07, 6.45) is 1.62. The molecule has 0 aliphatic carbocycles. The third-order valence-electron chi connectivity index (χ3n) is 3.72. The van der Waals surface area contributed by atoms with E-state index in [2.05, 4.69) is 20.9 Å². The van der Waals surface area contributed by atoms with Crippen molar-refractivity contribution in [2.45, 2.75) is 6.54 Å². The molecule has 0 saturated carbocycles. The Morgan fingerprint density at radius 2 is 1.91 bits per heavy atom. The zero-order chi connectivity index (χ0) is 16.4. The molecule has 1 amide bonds. The highest BCUT2D eigenvalue weighted by Crippen LogP contribution is 2.30.